The number of carbonyl (C=O) groups is 1. The molecule has 0 radical (unpaired) electrons. The van der Waals surface area contributed by atoms with Gasteiger partial charge in [-0.25, -0.2) is 9.18 Å². The number of non-ortho nitro benzene ring substituents is 1. The molecule has 3 aromatic carbocycles. The maximum atomic E-state index is 13.5. The monoisotopic (exact) mass is 495 g/mol. The Morgan fingerprint density at radius 2 is 1.81 bits per heavy atom. The minimum atomic E-state index is -1.11. The molecule has 0 spiro atoms. The second-order valence-electron chi connectivity index (χ2n) is 8.52. The third-order valence-electron chi connectivity index (χ3n) is 6.27. The highest BCUT2D eigenvalue weighted by atomic mass is 19.1. The number of nitro benzene ring substituents is 1. The van der Waals surface area contributed by atoms with Crippen LogP contribution in [0.15, 0.2) is 66.7 Å². The summed E-state index contributed by atoms with van der Waals surface area (Å²) >= 11 is 0. The number of piperidine rings is 1. The van der Waals surface area contributed by atoms with Crippen LogP contribution in [0.4, 0.5) is 14.9 Å². The van der Waals surface area contributed by atoms with Gasteiger partial charge in [0, 0.05) is 37.2 Å². The van der Waals surface area contributed by atoms with Crippen LogP contribution in [0.3, 0.4) is 0 Å². The Morgan fingerprint density at radius 1 is 1.08 bits per heavy atom. The van der Waals surface area contributed by atoms with E-state index < -0.39 is 17.8 Å². The molecule has 2 aliphatic heterocycles. The molecule has 10 heteroatoms. The fourth-order valence-corrected chi connectivity index (χ4v) is 4.42. The van der Waals surface area contributed by atoms with Gasteiger partial charge in [0.05, 0.1) is 11.5 Å². The van der Waals surface area contributed by atoms with Crippen molar-refractivity contribution < 1.29 is 34.4 Å². The second-order valence-corrected chi connectivity index (χ2v) is 8.52. The number of halogens is 1. The number of nitro groups is 1. The van der Waals surface area contributed by atoms with Crippen molar-refractivity contribution in [1.29, 1.82) is 0 Å². The van der Waals surface area contributed by atoms with E-state index in [1.54, 1.807) is 35.2 Å². The number of ether oxygens (including phenoxy) is 4. The summed E-state index contributed by atoms with van der Waals surface area (Å²) in [5.41, 5.74) is 0.847. The summed E-state index contributed by atoms with van der Waals surface area (Å²) in [5, 5.41) is 10.9. The summed E-state index contributed by atoms with van der Waals surface area (Å²) < 4.78 is 43.1. The SMILES string of the molecule is [2H]C1Oc2ccc(OC[C@@H]3CN(C(=O)Oc4ccc([N+](=O)[O-])cc4)CC[C@H]3c3ccc(F)cc3)cc2O1. The summed E-state index contributed by atoms with van der Waals surface area (Å²) in [5.74, 6) is 1.17. The van der Waals surface area contributed by atoms with Gasteiger partial charge < -0.3 is 23.8 Å². The van der Waals surface area contributed by atoms with Gasteiger partial charge in [-0.05, 0) is 54.3 Å². The molecule has 3 atom stereocenters. The highest BCUT2D eigenvalue weighted by molar-refractivity contribution is 5.71. The van der Waals surface area contributed by atoms with Gasteiger partial charge in [-0.3, -0.25) is 10.1 Å². The van der Waals surface area contributed by atoms with Crippen molar-refractivity contribution in [1.82, 2.24) is 4.90 Å². The summed E-state index contributed by atoms with van der Waals surface area (Å²) in [6.45, 7) is -0.110. The highest BCUT2D eigenvalue weighted by Crippen LogP contribution is 2.37. The molecular formula is C26H23FN2O7. The molecule has 0 bridgehead atoms. The van der Waals surface area contributed by atoms with Gasteiger partial charge >= 0.3 is 6.09 Å². The highest BCUT2D eigenvalue weighted by Gasteiger charge is 2.34. The average Bonchev–Trinajstić information content (AvgIpc) is 3.27. The first-order chi connectivity index (χ1) is 17.9. The third kappa shape index (κ3) is 5.17. The number of amides is 1. The van der Waals surface area contributed by atoms with Crippen molar-refractivity contribution in [2.75, 3.05) is 26.5 Å². The average molecular weight is 495 g/mol. The van der Waals surface area contributed by atoms with Crippen LogP contribution < -0.4 is 18.9 Å². The lowest BCUT2D eigenvalue weighted by atomic mass is 9.81. The largest absolute Gasteiger partial charge is 0.493 e. The smallest absolute Gasteiger partial charge is 0.415 e. The van der Waals surface area contributed by atoms with Crippen molar-refractivity contribution in [3.05, 3.63) is 88.2 Å². The minimum Gasteiger partial charge on any atom is -0.493 e. The van der Waals surface area contributed by atoms with Gasteiger partial charge in [-0.1, -0.05) is 12.1 Å². The standard InChI is InChI=1S/C26H23FN2O7/c27-19-3-1-17(2-4-19)23-11-12-28(26(30)36-21-7-5-20(6-8-21)29(31)32)14-18(23)15-33-22-9-10-24-25(13-22)35-16-34-24/h1-10,13,18,23H,11-12,14-16H2/t18-,23-/m0/s1/i16D/t16?,18-,23-. The number of hydrogen-bond donors (Lipinski definition) is 0. The number of likely N-dealkylation sites (tertiary alicyclic amines) is 1. The molecule has 5 rings (SSSR count). The molecule has 0 N–H and O–H groups in total. The molecule has 2 heterocycles. The lowest BCUT2D eigenvalue weighted by molar-refractivity contribution is -0.384. The minimum absolute atomic E-state index is 0.00987. The molecule has 0 saturated carbocycles. The van der Waals surface area contributed by atoms with Gasteiger partial charge in [0.1, 0.15) is 18.7 Å². The van der Waals surface area contributed by atoms with Crippen LogP contribution in [-0.4, -0.2) is 42.4 Å². The summed E-state index contributed by atoms with van der Waals surface area (Å²) in [7, 11) is 0. The van der Waals surface area contributed by atoms with Gasteiger partial charge in [-0.2, -0.15) is 0 Å². The first kappa shape index (κ1) is 22.1. The van der Waals surface area contributed by atoms with E-state index in [0.29, 0.717) is 36.8 Å². The van der Waals surface area contributed by atoms with Crippen LogP contribution >= 0.6 is 0 Å². The molecule has 3 aromatic rings. The van der Waals surface area contributed by atoms with Gasteiger partial charge in [-0.15, -0.1) is 0 Å². The number of nitrogens with zero attached hydrogens (tertiary/aromatic N) is 2. The van der Waals surface area contributed by atoms with E-state index in [1.807, 2.05) is 0 Å². The topological polar surface area (TPSA) is 100 Å². The van der Waals surface area contributed by atoms with E-state index in [9.17, 15) is 19.3 Å². The molecule has 2 aliphatic rings. The molecule has 1 saturated heterocycles. The normalized spacial score (nSPS) is 21.0. The fourth-order valence-electron chi connectivity index (χ4n) is 4.42. The van der Waals surface area contributed by atoms with E-state index in [2.05, 4.69) is 0 Å². The number of fused-ring (bicyclic) bond motifs is 1. The Labute approximate surface area is 207 Å². The van der Waals surface area contributed by atoms with E-state index in [1.165, 1.54) is 36.4 Å². The number of carbonyl (C=O) groups excluding carboxylic acids is 1. The Hall–Kier alpha value is -4.34. The molecule has 9 nitrogen and oxygen atoms in total. The van der Waals surface area contributed by atoms with E-state index in [-0.39, 0.29) is 35.7 Å². The van der Waals surface area contributed by atoms with Crippen LogP contribution in [0.2, 0.25) is 0 Å². The van der Waals surface area contributed by atoms with Crippen molar-refractivity contribution in [2.24, 2.45) is 5.92 Å². The Kier molecular flexibility index (Phi) is 6.22. The van der Waals surface area contributed by atoms with Gasteiger partial charge in [0.15, 0.2) is 11.5 Å². The molecule has 1 fully saturated rings. The lowest BCUT2D eigenvalue weighted by Gasteiger charge is -2.38. The number of hydrogen-bond acceptors (Lipinski definition) is 7. The zero-order chi connectivity index (χ0) is 25.9. The quantitative estimate of drug-likeness (QED) is 0.345. The van der Waals surface area contributed by atoms with Crippen molar-refractivity contribution in [3.8, 4) is 23.0 Å². The zero-order valence-corrected chi connectivity index (χ0v) is 19.0. The Bertz CT molecular complexity index is 1290. The maximum absolute atomic E-state index is 13.5. The summed E-state index contributed by atoms with van der Waals surface area (Å²) in [6, 6.07) is 16.7. The van der Waals surface area contributed by atoms with Crippen molar-refractivity contribution in [2.45, 2.75) is 12.3 Å². The van der Waals surface area contributed by atoms with Gasteiger partial charge in [0.25, 0.3) is 5.69 Å². The predicted octanol–water partition coefficient (Wildman–Crippen LogP) is 5.15. The number of benzene rings is 3. The molecule has 1 unspecified atom stereocenters. The Morgan fingerprint density at radius 3 is 2.56 bits per heavy atom. The molecule has 0 aliphatic carbocycles. The fraction of sp³-hybridized carbons (Fsp3) is 0.269. The number of rotatable bonds is 6. The van der Waals surface area contributed by atoms with E-state index in [4.69, 9.17) is 20.3 Å². The van der Waals surface area contributed by atoms with Crippen LogP contribution in [0.1, 0.15) is 19.3 Å². The Balaban J connectivity index is 1.29. The molecule has 1 amide bonds. The predicted molar refractivity (Wildman–Crippen MR) is 126 cm³/mol. The van der Waals surface area contributed by atoms with E-state index >= 15 is 0 Å². The van der Waals surface area contributed by atoms with Crippen LogP contribution in [0.25, 0.3) is 0 Å². The summed E-state index contributed by atoms with van der Waals surface area (Å²) in [6.07, 6.45) is 0.0393. The lowest BCUT2D eigenvalue weighted by Crippen LogP contribution is -2.46. The first-order valence-corrected chi connectivity index (χ1v) is 11.3. The van der Waals surface area contributed by atoms with Crippen molar-refractivity contribution in [3.63, 3.8) is 0 Å². The van der Waals surface area contributed by atoms with E-state index in [0.717, 1.165) is 5.56 Å². The van der Waals surface area contributed by atoms with Crippen LogP contribution in [0.5, 0.6) is 23.0 Å². The molecule has 36 heavy (non-hydrogen) atoms. The molecular weight excluding hydrogens is 471 g/mol. The van der Waals surface area contributed by atoms with Crippen LogP contribution in [0, 0.1) is 21.8 Å². The first-order valence-electron chi connectivity index (χ1n) is 11.9. The zero-order valence-electron chi connectivity index (χ0n) is 20.0. The molecule has 186 valence electrons. The van der Waals surface area contributed by atoms with Crippen LogP contribution in [-0.2, 0) is 0 Å². The third-order valence-corrected chi connectivity index (χ3v) is 6.27. The molecule has 0 aromatic heterocycles. The van der Waals surface area contributed by atoms with Gasteiger partial charge in [0.2, 0.25) is 6.77 Å². The van der Waals surface area contributed by atoms with Crippen molar-refractivity contribution >= 4 is 11.8 Å². The second kappa shape index (κ2) is 10.1. The summed E-state index contributed by atoms with van der Waals surface area (Å²) in [4.78, 5) is 24.8. The maximum Gasteiger partial charge on any atom is 0.415 e.